The van der Waals surface area contributed by atoms with E-state index in [4.69, 9.17) is 0 Å². The van der Waals surface area contributed by atoms with Crippen LogP contribution >= 0.6 is 15.9 Å². The minimum atomic E-state index is -0.189. The number of rotatable bonds is 1. The molecule has 3 nitrogen and oxygen atoms in total. The van der Waals surface area contributed by atoms with Crippen molar-refractivity contribution in [3.63, 3.8) is 0 Å². The van der Waals surface area contributed by atoms with Crippen molar-refractivity contribution < 1.29 is 9.59 Å². The summed E-state index contributed by atoms with van der Waals surface area (Å²) in [7, 11) is 0. The maximum absolute atomic E-state index is 13.2. The van der Waals surface area contributed by atoms with Crippen molar-refractivity contribution in [2.45, 2.75) is 32.1 Å². The number of benzene rings is 1. The van der Waals surface area contributed by atoms with E-state index in [2.05, 4.69) is 28.1 Å². The summed E-state index contributed by atoms with van der Waals surface area (Å²) >= 11 is 3.44. The number of imide groups is 1. The monoisotopic (exact) mass is 397 g/mol. The number of carbonyl (C=O) groups is 2. The maximum Gasteiger partial charge on any atom is 0.238 e. The first-order valence-corrected chi connectivity index (χ1v) is 9.99. The van der Waals surface area contributed by atoms with Crippen molar-refractivity contribution >= 4 is 33.4 Å². The summed E-state index contributed by atoms with van der Waals surface area (Å²) < 4.78 is 0.883. The average Bonchev–Trinajstić information content (AvgIpc) is 3.25. The van der Waals surface area contributed by atoms with E-state index >= 15 is 0 Å². The number of anilines is 1. The van der Waals surface area contributed by atoms with Gasteiger partial charge in [-0.25, -0.2) is 4.90 Å². The van der Waals surface area contributed by atoms with E-state index in [0.717, 1.165) is 17.3 Å². The molecule has 128 valence electrons. The van der Waals surface area contributed by atoms with Crippen LogP contribution in [0.15, 0.2) is 52.0 Å². The Labute approximate surface area is 155 Å². The minimum Gasteiger partial charge on any atom is -0.274 e. The molecule has 3 fully saturated rings. The van der Waals surface area contributed by atoms with Crippen LogP contribution < -0.4 is 4.90 Å². The summed E-state index contributed by atoms with van der Waals surface area (Å²) in [4.78, 5) is 27.7. The van der Waals surface area contributed by atoms with E-state index in [9.17, 15) is 9.59 Å². The van der Waals surface area contributed by atoms with E-state index in [0.29, 0.717) is 5.69 Å². The Morgan fingerprint density at radius 2 is 1.56 bits per heavy atom. The molecule has 25 heavy (non-hydrogen) atoms. The van der Waals surface area contributed by atoms with E-state index in [1.54, 1.807) is 0 Å². The molecule has 1 saturated heterocycles. The molecule has 2 saturated carbocycles. The van der Waals surface area contributed by atoms with Crippen LogP contribution in [-0.2, 0) is 9.59 Å². The fraction of sp³-hybridized carbons (Fsp3) is 0.429. The molecule has 0 unspecified atom stereocenters. The summed E-state index contributed by atoms with van der Waals surface area (Å²) in [5.41, 5.74) is 3.64. The highest BCUT2D eigenvalue weighted by Gasteiger charge is 2.62. The van der Waals surface area contributed by atoms with Gasteiger partial charge in [-0.15, -0.1) is 0 Å². The third-order valence-corrected chi connectivity index (χ3v) is 6.84. The van der Waals surface area contributed by atoms with Crippen molar-refractivity contribution in [1.82, 2.24) is 0 Å². The van der Waals surface area contributed by atoms with Gasteiger partial charge < -0.3 is 0 Å². The summed E-state index contributed by atoms with van der Waals surface area (Å²) in [6.07, 6.45) is 10.5. The smallest absolute Gasteiger partial charge is 0.238 e. The number of hydrogen-bond acceptors (Lipinski definition) is 2. The second-order valence-electron chi connectivity index (χ2n) is 7.60. The van der Waals surface area contributed by atoms with Crippen LogP contribution in [0.2, 0.25) is 0 Å². The molecule has 0 N–H and O–H groups in total. The Balaban J connectivity index is 1.54. The maximum atomic E-state index is 13.2. The molecule has 1 aromatic carbocycles. The molecule has 3 aliphatic carbocycles. The lowest BCUT2D eigenvalue weighted by Gasteiger charge is -2.23. The summed E-state index contributed by atoms with van der Waals surface area (Å²) in [5, 5.41) is 0. The van der Waals surface area contributed by atoms with Crippen LogP contribution in [0.1, 0.15) is 32.1 Å². The fourth-order valence-electron chi connectivity index (χ4n) is 5.37. The lowest BCUT2D eigenvalue weighted by molar-refractivity contribution is -0.122. The van der Waals surface area contributed by atoms with Crippen molar-refractivity contribution in [2.24, 2.45) is 23.7 Å². The second-order valence-corrected chi connectivity index (χ2v) is 8.52. The SMILES string of the molecule is O=C1[C@@H]2[C@H](C(=O)N1c1cccc(Br)c1)[C@@H]1C=C[C@@H]2C1=C1CCCCC1. The van der Waals surface area contributed by atoms with Crippen molar-refractivity contribution in [1.29, 1.82) is 0 Å². The van der Waals surface area contributed by atoms with Gasteiger partial charge in [0.25, 0.3) is 0 Å². The molecular weight excluding hydrogens is 378 g/mol. The van der Waals surface area contributed by atoms with Crippen molar-refractivity contribution in [3.8, 4) is 0 Å². The second kappa shape index (κ2) is 5.66. The normalized spacial score (nSPS) is 33.6. The molecule has 4 atom stereocenters. The Bertz CT molecular complexity index is 798. The number of allylic oxidation sites excluding steroid dienone is 4. The highest BCUT2D eigenvalue weighted by atomic mass is 79.9. The predicted octanol–water partition coefficient (Wildman–Crippen LogP) is 4.63. The molecule has 4 heteroatoms. The van der Waals surface area contributed by atoms with Gasteiger partial charge in [0.15, 0.2) is 0 Å². The first-order chi connectivity index (χ1) is 12.2. The average molecular weight is 398 g/mol. The topological polar surface area (TPSA) is 37.4 Å². The highest BCUT2D eigenvalue weighted by molar-refractivity contribution is 9.10. The molecule has 0 radical (unpaired) electrons. The van der Waals surface area contributed by atoms with Gasteiger partial charge in [0.2, 0.25) is 11.8 Å². The molecule has 0 spiro atoms. The molecule has 4 aliphatic rings. The van der Waals surface area contributed by atoms with E-state index in [1.807, 2.05) is 24.3 Å². The molecular formula is C21H20BrNO2. The molecule has 0 aromatic heterocycles. The minimum absolute atomic E-state index is 0.0149. The molecule has 1 aromatic rings. The van der Waals surface area contributed by atoms with Crippen LogP contribution in [0.4, 0.5) is 5.69 Å². The highest BCUT2D eigenvalue weighted by Crippen LogP contribution is 2.58. The van der Waals surface area contributed by atoms with Crippen LogP contribution in [0.5, 0.6) is 0 Å². The first kappa shape index (κ1) is 15.6. The molecule has 2 bridgehead atoms. The molecule has 1 heterocycles. The van der Waals surface area contributed by atoms with Crippen LogP contribution in [0.25, 0.3) is 0 Å². The first-order valence-electron chi connectivity index (χ1n) is 9.20. The summed E-state index contributed by atoms with van der Waals surface area (Å²) in [5.74, 6) is -0.108. The zero-order valence-corrected chi connectivity index (χ0v) is 15.5. The largest absolute Gasteiger partial charge is 0.274 e. The number of carbonyl (C=O) groups excluding carboxylic acids is 2. The fourth-order valence-corrected chi connectivity index (χ4v) is 5.76. The van der Waals surface area contributed by atoms with Gasteiger partial charge in [-0.05, 0) is 43.9 Å². The summed E-state index contributed by atoms with van der Waals surface area (Å²) in [6.45, 7) is 0. The quantitative estimate of drug-likeness (QED) is 0.511. The van der Waals surface area contributed by atoms with Gasteiger partial charge in [0.05, 0.1) is 17.5 Å². The third-order valence-electron chi connectivity index (χ3n) is 6.35. The standard InChI is InChI=1S/C21H20BrNO2/c22-13-7-4-8-14(11-13)23-20(24)18-15-9-10-16(19(18)21(23)25)17(15)12-5-2-1-3-6-12/h4,7-11,15-16,18-19H,1-3,5-6H2/t15-,16-,18-,19+/m1/s1. The third kappa shape index (κ3) is 2.16. The van der Waals surface area contributed by atoms with Crippen LogP contribution in [0, 0.1) is 23.7 Å². The lowest BCUT2D eigenvalue weighted by Crippen LogP contribution is -2.33. The number of fused-ring (bicyclic) bond motifs is 5. The number of hydrogen-bond donors (Lipinski definition) is 0. The summed E-state index contributed by atoms with van der Waals surface area (Å²) in [6, 6.07) is 7.48. The van der Waals surface area contributed by atoms with Gasteiger partial charge in [0.1, 0.15) is 0 Å². The van der Waals surface area contributed by atoms with Crippen LogP contribution in [-0.4, -0.2) is 11.8 Å². The van der Waals surface area contributed by atoms with Gasteiger partial charge in [-0.1, -0.05) is 51.7 Å². The molecule has 2 amide bonds. The van der Waals surface area contributed by atoms with E-state index in [1.165, 1.54) is 35.3 Å². The number of amides is 2. The van der Waals surface area contributed by atoms with Crippen molar-refractivity contribution in [3.05, 3.63) is 52.0 Å². The number of nitrogens with zero attached hydrogens (tertiary/aromatic N) is 1. The molecule has 5 rings (SSSR count). The van der Waals surface area contributed by atoms with Gasteiger partial charge in [-0.3, -0.25) is 9.59 Å². The lowest BCUT2D eigenvalue weighted by atomic mass is 9.85. The van der Waals surface area contributed by atoms with E-state index < -0.39 is 0 Å². The van der Waals surface area contributed by atoms with Gasteiger partial charge >= 0.3 is 0 Å². The number of halogens is 1. The van der Waals surface area contributed by atoms with Gasteiger partial charge in [-0.2, -0.15) is 0 Å². The zero-order chi connectivity index (χ0) is 17.1. The Hall–Kier alpha value is -1.68. The zero-order valence-electron chi connectivity index (χ0n) is 14.0. The molecule has 1 aliphatic heterocycles. The predicted molar refractivity (Wildman–Crippen MR) is 99.8 cm³/mol. The Morgan fingerprint density at radius 1 is 0.920 bits per heavy atom. The van der Waals surface area contributed by atoms with Crippen LogP contribution in [0.3, 0.4) is 0 Å². The van der Waals surface area contributed by atoms with Crippen molar-refractivity contribution in [2.75, 3.05) is 4.90 Å². The Morgan fingerprint density at radius 3 is 2.16 bits per heavy atom. The van der Waals surface area contributed by atoms with Gasteiger partial charge in [0, 0.05) is 16.3 Å². The van der Waals surface area contributed by atoms with E-state index in [-0.39, 0.29) is 35.5 Å². The Kier molecular flexibility index (Phi) is 3.53.